The van der Waals surface area contributed by atoms with E-state index >= 15 is 0 Å². The number of halogens is 4. The molecule has 0 spiro atoms. The van der Waals surface area contributed by atoms with Gasteiger partial charge in [-0.1, -0.05) is 6.92 Å². The van der Waals surface area contributed by atoms with Crippen molar-refractivity contribution in [1.29, 1.82) is 0 Å². The van der Waals surface area contributed by atoms with Crippen LogP contribution in [0, 0.1) is 11.7 Å². The summed E-state index contributed by atoms with van der Waals surface area (Å²) < 4.78 is 13.8. The van der Waals surface area contributed by atoms with Crippen molar-refractivity contribution in [2.24, 2.45) is 5.92 Å². The SMILES string of the molecule is CNCC(C)C(=O)NC(C)c1cc(F)ccc1N1CCN(C)CC1.Cl.Cl.Cl. The van der Waals surface area contributed by atoms with Gasteiger partial charge in [-0.15, -0.1) is 37.2 Å². The predicted molar refractivity (Wildman–Crippen MR) is 118 cm³/mol. The van der Waals surface area contributed by atoms with Crippen LogP contribution in [0.2, 0.25) is 0 Å². The van der Waals surface area contributed by atoms with E-state index < -0.39 is 0 Å². The molecule has 1 aliphatic rings. The predicted octanol–water partition coefficient (Wildman–Crippen LogP) is 2.88. The maximum absolute atomic E-state index is 13.8. The number of nitrogens with one attached hydrogen (secondary N) is 2. The Bertz CT molecular complexity index is 572. The van der Waals surface area contributed by atoms with Gasteiger partial charge in [-0.3, -0.25) is 4.79 Å². The summed E-state index contributed by atoms with van der Waals surface area (Å²) in [4.78, 5) is 16.8. The average Bonchev–Trinajstić information content (AvgIpc) is 2.56. The molecule has 158 valence electrons. The van der Waals surface area contributed by atoms with Crippen LogP contribution in [-0.2, 0) is 4.79 Å². The lowest BCUT2D eigenvalue weighted by atomic mass is 10.0. The van der Waals surface area contributed by atoms with Crippen LogP contribution < -0.4 is 15.5 Å². The van der Waals surface area contributed by atoms with Crippen LogP contribution in [0.15, 0.2) is 18.2 Å². The molecule has 1 saturated heterocycles. The molecule has 0 aliphatic carbocycles. The van der Waals surface area contributed by atoms with Crippen molar-refractivity contribution in [3.63, 3.8) is 0 Å². The van der Waals surface area contributed by atoms with Crippen molar-refractivity contribution in [2.75, 3.05) is 51.7 Å². The molecule has 2 rings (SSSR count). The monoisotopic (exact) mass is 444 g/mol. The van der Waals surface area contributed by atoms with E-state index in [1.165, 1.54) is 6.07 Å². The summed E-state index contributed by atoms with van der Waals surface area (Å²) in [5, 5.41) is 6.02. The quantitative estimate of drug-likeness (QED) is 0.707. The topological polar surface area (TPSA) is 47.6 Å². The molecule has 2 unspecified atom stereocenters. The summed E-state index contributed by atoms with van der Waals surface area (Å²) in [5.74, 6) is -0.421. The van der Waals surface area contributed by atoms with Gasteiger partial charge in [-0.05, 0) is 39.2 Å². The van der Waals surface area contributed by atoms with E-state index in [0.29, 0.717) is 6.54 Å². The number of piperazine rings is 1. The Hall–Kier alpha value is -0.790. The van der Waals surface area contributed by atoms with Gasteiger partial charge in [0.05, 0.1) is 6.04 Å². The van der Waals surface area contributed by atoms with E-state index in [-0.39, 0.29) is 60.9 Å². The molecule has 0 saturated carbocycles. The van der Waals surface area contributed by atoms with Gasteiger partial charge in [-0.2, -0.15) is 0 Å². The molecule has 2 N–H and O–H groups in total. The van der Waals surface area contributed by atoms with Crippen molar-refractivity contribution in [3.05, 3.63) is 29.6 Å². The van der Waals surface area contributed by atoms with Gasteiger partial charge in [0.15, 0.2) is 0 Å². The fourth-order valence-corrected chi connectivity index (χ4v) is 3.04. The number of rotatable bonds is 6. The first-order valence-corrected chi connectivity index (χ1v) is 8.60. The van der Waals surface area contributed by atoms with Gasteiger partial charge >= 0.3 is 0 Å². The van der Waals surface area contributed by atoms with Crippen molar-refractivity contribution >= 4 is 48.8 Å². The highest BCUT2D eigenvalue weighted by molar-refractivity contribution is 5.86. The third kappa shape index (κ3) is 8.00. The molecule has 0 bridgehead atoms. The zero-order valence-electron chi connectivity index (χ0n) is 16.3. The number of amides is 1. The summed E-state index contributed by atoms with van der Waals surface area (Å²) >= 11 is 0. The summed E-state index contributed by atoms with van der Waals surface area (Å²) in [6.07, 6.45) is 0. The van der Waals surface area contributed by atoms with Gasteiger partial charge in [0.2, 0.25) is 5.91 Å². The second-order valence-corrected chi connectivity index (χ2v) is 6.68. The highest BCUT2D eigenvalue weighted by Crippen LogP contribution is 2.28. The van der Waals surface area contributed by atoms with Crippen LogP contribution in [-0.4, -0.2) is 57.6 Å². The Morgan fingerprint density at radius 1 is 1.15 bits per heavy atom. The van der Waals surface area contributed by atoms with Crippen LogP contribution >= 0.6 is 37.2 Å². The molecule has 2 atom stereocenters. The number of hydrogen-bond donors (Lipinski definition) is 2. The van der Waals surface area contributed by atoms with Gasteiger partial charge in [0, 0.05) is 49.9 Å². The Kier molecular flexibility index (Phi) is 14.1. The molecule has 1 aromatic rings. The lowest BCUT2D eigenvalue weighted by Gasteiger charge is -2.36. The second kappa shape index (κ2) is 13.4. The molecule has 5 nitrogen and oxygen atoms in total. The van der Waals surface area contributed by atoms with Crippen LogP contribution in [0.5, 0.6) is 0 Å². The molecule has 27 heavy (non-hydrogen) atoms. The highest BCUT2D eigenvalue weighted by Gasteiger charge is 2.22. The standard InChI is InChI=1S/C18H29FN4O.3ClH/c1-13(12-20-3)18(24)21-14(2)16-11-15(19)5-6-17(16)23-9-7-22(4)8-10-23;;;/h5-6,11,13-14,20H,7-10,12H2,1-4H3,(H,21,24);3*1H. The fourth-order valence-electron chi connectivity index (χ4n) is 3.04. The van der Waals surface area contributed by atoms with E-state index in [1.54, 1.807) is 6.07 Å². The Labute approximate surface area is 180 Å². The Balaban J connectivity index is 0. The molecule has 1 fully saturated rings. The molecular weight excluding hydrogens is 414 g/mol. The third-order valence-electron chi connectivity index (χ3n) is 4.62. The van der Waals surface area contributed by atoms with Crippen molar-refractivity contribution < 1.29 is 9.18 Å². The maximum Gasteiger partial charge on any atom is 0.224 e. The second-order valence-electron chi connectivity index (χ2n) is 6.68. The van der Waals surface area contributed by atoms with Crippen molar-refractivity contribution in [2.45, 2.75) is 19.9 Å². The summed E-state index contributed by atoms with van der Waals surface area (Å²) in [7, 11) is 3.93. The van der Waals surface area contributed by atoms with Gasteiger partial charge < -0.3 is 20.4 Å². The first-order chi connectivity index (χ1) is 11.4. The lowest BCUT2D eigenvalue weighted by Crippen LogP contribution is -2.45. The molecular formula is C18H32Cl3FN4O. The fraction of sp³-hybridized carbons (Fsp3) is 0.611. The minimum absolute atomic E-state index is 0. The number of nitrogens with zero attached hydrogens (tertiary/aromatic N) is 2. The minimum atomic E-state index is -0.271. The molecule has 1 heterocycles. The zero-order valence-corrected chi connectivity index (χ0v) is 18.8. The summed E-state index contributed by atoms with van der Waals surface area (Å²) in [6.45, 7) is 8.20. The Morgan fingerprint density at radius 2 is 1.74 bits per heavy atom. The highest BCUT2D eigenvalue weighted by atomic mass is 35.5. The van der Waals surface area contributed by atoms with Crippen molar-refractivity contribution in [1.82, 2.24) is 15.5 Å². The van der Waals surface area contributed by atoms with Crippen molar-refractivity contribution in [3.8, 4) is 0 Å². The smallest absolute Gasteiger partial charge is 0.224 e. The first-order valence-electron chi connectivity index (χ1n) is 8.60. The van der Waals surface area contributed by atoms with E-state index in [0.717, 1.165) is 37.4 Å². The first kappa shape index (κ1) is 28.4. The van der Waals surface area contributed by atoms with Crippen LogP contribution in [0.25, 0.3) is 0 Å². The van der Waals surface area contributed by atoms with Crippen LogP contribution in [0.3, 0.4) is 0 Å². The van der Waals surface area contributed by atoms with E-state index in [9.17, 15) is 9.18 Å². The number of hydrogen-bond acceptors (Lipinski definition) is 4. The molecule has 9 heteroatoms. The van der Waals surface area contributed by atoms with Gasteiger partial charge in [-0.25, -0.2) is 4.39 Å². The molecule has 1 aromatic carbocycles. The van der Waals surface area contributed by atoms with Crippen LogP contribution in [0.1, 0.15) is 25.5 Å². The Morgan fingerprint density at radius 3 is 2.30 bits per heavy atom. The number of carbonyl (C=O) groups is 1. The molecule has 0 aromatic heterocycles. The third-order valence-corrected chi connectivity index (χ3v) is 4.62. The lowest BCUT2D eigenvalue weighted by molar-refractivity contribution is -0.125. The largest absolute Gasteiger partial charge is 0.369 e. The summed E-state index contributed by atoms with van der Waals surface area (Å²) in [6, 6.07) is 4.63. The number of likely N-dealkylation sites (N-methyl/N-ethyl adjacent to an activating group) is 1. The summed E-state index contributed by atoms with van der Waals surface area (Å²) in [5.41, 5.74) is 1.85. The number of anilines is 1. The number of carbonyl (C=O) groups excluding carboxylic acids is 1. The van der Waals surface area contributed by atoms with E-state index in [2.05, 4.69) is 27.5 Å². The number of benzene rings is 1. The zero-order chi connectivity index (χ0) is 17.7. The van der Waals surface area contributed by atoms with Gasteiger partial charge in [0.1, 0.15) is 5.82 Å². The minimum Gasteiger partial charge on any atom is -0.369 e. The normalized spacial score (nSPS) is 16.3. The molecule has 1 amide bonds. The van der Waals surface area contributed by atoms with E-state index in [1.807, 2.05) is 27.0 Å². The van der Waals surface area contributed by atoms with Gasteiger partial charge in [0.25, 0.3) is 0 Å². The van der Waals surface area contributed by atoms with Crippen LogP contribution in [0.4, 0.5) is 10.1 Å². The van der Waals surface area contributed by atoms with E-state index in [4.69, 9.17) is 0 Å². The average molecular weight is 446 g/mol. The molecule has 0 radical (unpaired) electrons. The molecule has 1 aliphatic heterocycles. The maximum atomic E-state index is 13.8.